The number of carboxylic acid groups (broad SMARTS) is 1. The Morgan fingerprint density at radius 2 is 2.21 bits per heavy atom. The number of aromatic carboxylic acids is 1. The Bertz CT molecular complexity index is 523. The van der Waals surface area contributed by atoms with Gasteiger partial charge in [0.15, 0.2) is 0 Å². The molecule has 0 atom stereocenters. The Balaban J connectivity index is 2.80. The van der Waals surface area contributed by atoms with E-state index in [1.54, 1.807) is 6.07 Å². The van der Waals surface area contributed by atoms with Crippen molar-refractivity contribution in [1.82, 2.24) is 4.98 Å². The zero-order valence-corrected chi connectivity index (χ0v) is 8.95. The van der Waals surface area contributed by atoms with E-state index in [0.29, 0.717) is 14.6 Å². The Labute approximate surface area is 92.9 Å². The molecule has 72 valence electrons. The highest BCUT2D eigenvalue weighted by Crippen LogP contribution is 2.34. The number of thiophene rings is 1. The van der Waals surface area contributed by atoms with Gasteiger partial charge in [-0.2, -0.15) is 0 Å². The third kappa shape index (κ3) is 1.45. The van der Waals surface area contributed by atoms with Gasteiger partial charge in [-0.1, -0.05) is 23.2 Å². The van der Waals surface area contributed by atoms with Crippen molar-refractivity contribution in [2.45, 2.75) is 0 Å². The predicted molar refractivity (Wildman–Crippen MR) is 56.6 cm³/mol. The van der Waals surface area contributed by atoms with Gasteiger partial charge in [0.1, 0.15) is 4.83 Å². The molecule has 0 unspecified atom stereocenters. The molecule has 14 heavy (non-hydrogen) atoms. The van der Waals surface area contributed by atoms with E-state index >= 15 is 0 Å². The fourth-order valence-corrected chi connectivity index (χ4v) is 2.48. The van der Waals surface area contributed by atoms with Gasteiger partial charge in [0.25, 0.3) is 0 Å². The number of hydrogen-bond acceptors (Lipinski definition) is 3. The summed E-state index contributed by atoms with van der Waals surface area (Å²) in [4.78, 5) is 15.3. The van der Waals surface area contributed by atoms with Crippen LogP contribution in [0.4, 0.5) is 0 Å². The maximum absolute atomic E-state index is 10.7. The van der Waals surface area contributed by atoms with E-state index in [1.807, 2.05) is 0 Å². The molecular weight excluding hydrogens is 245 g/mol. The van der Waals surface area contributed by atoms with Crippen LogP contribution in [0, 0.1) is 0 Å². The third-order valence-corrected chi connectivity index (χ3v) is 3.28. The van der Waals surface area contributed by atoms with E-state index in [-0.39, 0.29) is 10.6 Å². The van der Waals surface area contributed by atoms with Crippen molar-refractivity contribution in [2.75, 3.05) is 0 Å². The van der Waals surface area contributed by atoms with Crippen molar-refractivity contribution in [3.05, 3.63) is 27.2 Å². The number of nitrogens with zero attached hydrogens (tertiary/aromatic N) is 1. The van der Waals surface area contributed by atoms with Gasteiger partial charge in [0.2, 0.25) is 0 Å². The Morgan fingerprint density at radius 1 is 1.50 bits per heavy atom. The second-order valence-corrected chi connectivity index (χ2v) is 4.60. The molecule has 0 bridgehead atoms. The molecule has 2 aromatic rings. The number of carboxylic acids is 1. The van der Waals surface area contributed by atoms with Crippen LogP contribution in [0.2, 0.25) is 9.36 Å². The molecule has 0 radical (unpaired) electrons. The van der Waals surface area contributed by atoms with Crippen LogP contribution >= 0.6 is 34.5 Å². The summed E-state index contributed by atoms with van der Waals surface area (Å²) in [6.07, 6.45) is 1.24. The van der Waals surface area contributed by atoms with Gasteiger partial charge in [-0.15, -0.1) is 11.3 Å². The molecule has 0 aliphatic heterocycles. The monoisotopic (exact) mass is 247 g/mol. The molecular formula is C8H3Cl2NO2S. The molecule has 2 aromatic heterocycles. The van der Waals surface area contributed by atoms with E-state index in [2.05, 4.69) is 4.98 Å². The highest BCUT2D eigenvalue weighted by Gasteiger charge is 2.14. The molecule has 6 heteroatoms. The van der Waals surface area contributed by atoms with Crippen molar-refractivity contribution in [1.29, 1.82) is 0 Å². The summed E-state index contributed by atoms with van der Waals surface area (Å²) in [5.41, 5.74) is -0.00590. The van der Waals surface area contributed by atoms with Gasteiger partial charge in [-0.25, -0.2) is 9.78 Å². The summed E-state index contributed by atoms with van der Waals surface area (Å²) in [5.74, 6) is -1.09. The van der Waals surface area contributed by atoms with Gasteiger partial charge >= 0.3 is 5.97 Å². The lowest BCUT2D eigenvalue weighted by molar-refractivity contribution is 0.0697. The van der Waals surface area contributed by atoms with Gasteiger partial charge in [0, 0.05) is 11.6 Å². The number of pyridine rings is 1. The van der Waals surface area contributed by atoms with Gasteiger partial charge in [0.05, 0.1) is 14.9 Å². The van der Waals surface area contributed by atoms with Crippen molar-refractivity contribution in [2.24, 2.45) is 0 Å². The number of aromatic nitrogens is 1. The summed E-state index contributed by atoms with van der Waals surface area (Å²) in [6.45, 7) is 0. The van der Waals surface area contributed by atoms with Gasteiger partial charge < -0.3 is 5.11 Å². The number of rotatable bonds is 1. The molecule has 1 N–H and O–H groups in total. The van der Waals surface area contributed by atoms with Crippen LogP contribution in [0.1, 0.15) is 10.4 Å². The predicted octanol–water partition coefficient (Wildman–Crippen LogP) is 3.30. The topological polar surface area (TPSA) is 50.2 Å². The average Bonchev–Trinajstić information content (AvgIpc) is 2.46. The maximum Gasteiger partial charge on any atom is 0.338 e. The van der Waals surface area contributed by atoms with E-state index in [0.717, 1.165) is 0 Å². The lowest BCUT2D eigenvalue weighted by Crippen LogP contribution is -1.97. The summed E-state index contributed by atoms with van der Waals surface area (Å²) in [5, 5.41) is 9.55. The Kier molecular flexibility index (Phi) is 2.34. The fourth-order valence-electron chi connectivity index (χ4n) is 1.08. The smallest absolute Gasteiger partial charge is 0.338 e. The van der Waals surface area contributed by atoms with Crippen LogP contribution in [0.3, 0.4) is 0 Å². The quantitative estimate of drug-likeness (QED) is 0.842. The van der Waals surface area contributed by atoms with Crippen molar-refractivity contribution in [3.8, 4) is 0 Å². The van der Waals surface area contributed by atoms with E-state index < -0.39 is 5.97 Å². The van der Waals surface area contributed by atoms with Crippen LogP contribution in [0.15, 0.2) is 12.3 Å². The van der Waals surface area contributed by atoms with Crippen molar-refractivity contribution in [3.63, 3.8) is 0 Å². The SMILES string of the molecule is O=C(O)c1cnc2sc(Cl)cc2c1Cl. The molecule has 0 amide bonds. The maximum atomic E-state index is 10.7. The van der Waals surface area contributed by atoms with Gasteiger partial charge in [-0.3, -0.25) is 0 Å². The minimum atomic E-state index is -1.09. The van der Waals surface area contributed by atoms with E-state index in [4.69, 9.17) is 28.3 Å². The van der Waals surface area contributed by atoms with Crippen LogP contribution in [-0.2, 0) is 0 Å². The molecule has 0 fully saturated rings. The van der Waals surface area contributed by atoms with Gasteiger partial charge in [-0.05, 0) is 6.07 Å². The zero-order valence-electron chi connectivity index (χ0n) is 6.62. The number of hydrogen-bond donors (Lipinski definition) is 1. The third-order valence-electron chi connectivity index (χ3n) is 1.70. The van der Waals surface area contributed by atoms with E-state index in [9.17, 15) is 4.79 Å². The molecule has 0 saturated heterocycles. The fraction of sp³-hybridized carbons (Fsp3) is 0. The molecule has 0 aliphatic rings. The average molecular weight is 248 g/mol. The lowest BCUT2D eigenvalue weighted by atomic mass is 10.2. The first-order valence-electron chi connectivity index (χ1n) is 3.56. The summed E-state index contributed by atoms with van der Waals surface area (Å²) in [6, 6.07) is 1.61. The first kappa shape index (κ1) is 9.71. The molecule has 3 nitrogen and oxygen atoms in total. The number of halogens is 2. The Morgan fingerprint density at radius 3 is 2.86 bits per heavy atom. The largest absolute Gasteiger partial charge is 0.478 e. The second-order valence-electron chi connectivity index (χ2n) is 2.56. The normalized spacial score (nSPS) is 10.7. The van der Waals surface area contributed by atoms with Crippen LogP contribution in [0.25, 0.3) is 10.2 Å². The zero-order chi connectivity index (χ0) is 10.3. The molecule has 2 heterocycles. The minimum absolute atomic E-state index is 0.00590. The molecule has 0 saturated carbocycles. The van der Waals surface area contributed by atoms with E-state index in [1.165, 1.54) is 17.5 Å². The van der Waals surface area contributed by atoms with Crippen LogP contribution < -0.4 is 0 Å². The standard InChI is InChI=1S/C8H3Cl2NO2S/c9-5-1-3-6(10)4(8(12)13)2-11-7(3)14-5/h1-2H,(H,12,13). The molecule has 0 aromatic carbocycles. The molecule has 0 spiro atoms. The summed E-state index contributed by atoms with van der Waals surface area (Å²) >= 11 is 12.9. The first-order chi connectivity index (χ1) is 6.59. The summed E-state index contributed by atoms with van der Waals surface area (Å²) < 4.78 is 0.539. The van der Waals surface area contributed by atoms with Crippen LogP contribution in [-0.4, -0.2) is 16.1 Å². The lowest BCUT2D eigenvalue weighted by Gasteiger charge is -1.97. The molecule has 0 aliphatic carbocycles. The molecule has 2 rings (SSSR count). The van der Waals surface area contributed by atoms with Crippen molar-refractivity contribution < 1.29 is 9.90 Å². The number of carbonyl (C=O) groups is 1. The Hall–Kier alpha value is -0.840. The number of fused-ring (bicyclic) bond motifs is 1. The van der Waals surface area contributed by atoms with Crippen molar-refractivity contribution >= 4 is 50.7 Å². The van der Waals surface area contributed by atoms with Crippen LogP contribution in [0.5, 0.6) is 0 Å². The highest BCUT2D eigenvalue weighted by atomic mass is 35.5. The first-order valence-corrected chi connectivity index (χ1v) is 5.13. The second kappa shape index (κ2) is 3.38. The highest BCUT2D eigenvalue weighted by molar-refractivity contribution is 7.22. The summed E-state index contributed by atoms with van der Waals surface area (Å²) in [7, 11) is 0. The minimum Gasteiger partial charge on any atom is -0.478 e.